The van der Waals surface area contributed by atoms with E-state index in [0.717, 1.165) is 0 Å². The summed E-state index contributed by atoms with van der Waals surface area (Å²) < 4.78 is 29.9. The van der Waals surface area contributed by atoms with Crippen LogP contribution in [-0.4, -0.2) is 37.7 Å². The van der Waals surface area contributed by atoms with Crippen molar-refractivity contribution in [2.75, 3.05) is 18.6 Å². The van der Waals surface area contributed by atoms with E-state index in [1.807, 2.05) is 0 Å². The van der Waals surface area contributed by atoms with Gasteiger partial charge in [0.25, 0.3) is 5.91 Å². The Balaban J connectivity index is 1.89. The number of carbonyl (C=O) groups excluding carboxylic acids is 2. The van der Waals surface area contributed by atoms with Gasteiger partial charge in [-0.15, -0.1) is 0 Å². The molecule has 0 aromatic heterocycles. The van der Waals surface area contributed by atoms with Crippen molar-refractivity contribution in [3.05, 3.63) is 54.3 Å². The molecule has 0 radical (unpaired) electrons. The lowest BCUT2D eigenvalue weighted by molar-refractivity contribution is -0.148. The van der Waals surface area contributed by atoms with Gasteiger partial charge in [0.05, 0.1) is 19.3 Å². The second kappa shape index (κ2) is 8.07. The number of amides is 1. The lowest BCUT2D eigenvalue weighted by Gasteiger charge is -2.35. The highest BCUT2D eigenvalue weighted by molar-refractivity contribution is 5.99. The topological polar surface area (TPSA) is 65.1 Å². The summed E-state index contributed by atoms with van der Waals surface area (Å²) in [6.07, 6.45) is -1.53. The third-order valence-corrected chi connectivity index (χ3v) is 4.26. The molecule has 27 heavy (non-hydrogen) atoms. The molecule has 0 fully saturated rings. The first kappa shape index (κ1) is 18.7. The highest BCUT2D eigenvalue weighted by Crippen LogP contribution is 2.34. The van der Waals surface area contributed by atoms with Gasteiger partial charge in [-0.3, -0.25) is 4.79 Å². The molecule has 2 atom stereocenters. The van der Waals surface area contributed by atoms with Gasteiger partial charge in [0.2, 0.25) is 6.10 Å². The van der Waals surface area contributed by atoms with Gasteiger partial charge in [0, 0.05) is 0 Å². The average Bonchev–Trinajstić information content (AvgIpc) is 2.71. The van der Waals surface area contributed by atoms with Crippen molar-refractivity contribution in [3.63, 3.8) is 0 Å². The van der Waals surface area contributed by atoms with Gasteiger partial charge in [-0.2, -0.15) is 0 Å². The number of hydrogen-bond donors (Lipinski definition) is 0. The second-order valence-corrected chi connectivity index (χ2v) is 5.99. The third-order valence-electron chi connectivity index (χ3n) is 4.26. The fourth-order valence-electron chi connectivity index (χ4n) is 2.87. The van der Waals surface area contributed by atoms with Crippen LogP contribution in [0.25, 0.3) is 0 Å². The summed E-state index contributed by atoms with van der Waals surface area (Å²) in [6.45, 7) is 1.76. The molecule has 0 bridgehead atoms. The first-order valence-electron chi connectivity index (χ1n) is 8.61. The Morgan fingerprint density at radius 2 is 1.93 bits per heavy atom. The SMILES string of the molecule is CC[C@@H](Oc1ccccc1F)C(=O)N1C[C@H](C(=O)OC)Oc2ccccc21. The monoisotopic (exact) mass is 373 g/mol. The number of carbonyl (C=O) groups is 2. The molecule has 1 aliphatic rings. The highest BCUT2D eigenvalue weighted by Gasteiger charge is 2.37. The molecule has 2 aromatic rings. The van der Waals surface area contributed by atoms with Gasteiger partial charge < -0.3 is 19.1 Å². The maximum atomic E-state index is 13.9. The molecular weight excluding hydrogens is 353 g/mol. The van der Waals surface area contributed by atoms with Gasteiger partial charge >= 0.3 is 5.97 Å². The van der Waals surface area contributed by atoms with Gasteiger partial charge in [0.1, 0.15) is 5.75 Å². The molecule has 7 heteroatoms. The Morgan fingerprint density at radius 1 is 1.22 bits per heavy atom. The molecule has 3 rings (SSSR count). The van der Waals surface area contributed by atoms with E-state index in [1.165, 1.54) is 24.1 Å². The van der Waals surface area contributed by atoms with Crippen molar-refractivity contribution < 1.29 is 28.2 Å². The van der Waals surface area contributed by atoms with E-state index in [0.29, 0.717) is 17.9 Å². The summed E-state index contributed by atoms with van der Waals surface area (Å²) in [4.78, 5) is 26.5. The number of fused-ring (bicyclic) bond motifs is 1. The number of para-hydroxylation sites is 3. The molecule has 0 saturated carbocycles. The van der Waals surface area contributed by atoms with E-state index in [1.54, 1.807) is 43.3 Å². The fourth-order valence-corrected chi connectivity index (χ4v) is 2.87. The largest absolute Gasteiger partial charge is 0.478 e. The van der Waals surface area contributed by atoms with Crippen molar-refractivity contribution in [1.29, 1.82) is 0 Å². The number of nitrogens with zero attached hydrogens (tertiary/aromatic N) is 1. The van der Waals surface area contributed by atoms with E-state index in [4.69, 9.17) is 14.2 Å². The van der Waals surface area contributed by atoms with Crippen molar-refractivity contribution in [2.45, 2.75) is 25.6 Å². The van der Waals surface area contributed by atoms with Crippen molar-refractivity contribution in [2.24, 2.45) is 0 Å². The Kier molecular flexibility index (Phi) is 5.59. The van der Waals surface area contributed by atoms with Crippen LogP contribution in [0, 0.1) is 5.82 Å². The zero-order chi connectivity index (χ0) is 19.4. The van der Waals surface area contributed by atoms with Crippen molar-refractivity contribution in [3.8, 4) is 11.5 Å². The van der Waals surface area contributed by atoms with Gasteiger partial charge in [-0.1, -0.05) is 31.2 Å². The Bertz CT molecular complexity index is 841. The van der Waals surface area contributed by atoms with Crippen LogP contribution in [0.5, 0.6) is 11.5 Å². The molecule has 142 valence electrons. The average molecular weight is 373 g/mol. The lowest BCUT2D eigenvalue weighted by atomic mass is 10.1. The fraction of sp³-hybridized carbons (Fsp3) is 0.300. The van der Waals surface area contributed by atoms with E-state index < -0.39 is 24.0 Å². The summed E-state index contributed by atoms with van der Waals surface area (Å²) in [6, 6.07) is 12.8. The van der Waals surface area contributed by atoms with Crippen LogP contribution in [0.15, 0.2) is 48.5 Å². The minimum atomic E-state index is -0.945. The highest BCUT2D eigenvalue weighted by atomic mass is 19.1. The second-order valence-electron chi connectivity index (χ2n) is 5.99. The van der Waals surface area contributed by atoms with Gasteiger partial charge in [0.15, 0.2) is 17.7 Å². The number of anilines is 1. The molecular formula is C20H20FNO5. The van der Waals surface area contributed by atoms with Crippen molar-refractivity contribution >= 4 is 17.6 Å². The van der Waals surface area contributed by atoms with Crippen LogP contribution in [0.4, 0.5) is 10.1 Å². The summed E-state index contributed by atoms with van der Waals surface area (Å²) in [5.41, 5.74) is 0.526. The van der Waals surface area contributed by atoms with Crippen molar-refractivity contribution in [1.82, 2.24) is 0 Å². The molecule has 1 amide bonds. The maximum absolute atomic E-state index is 13.9. The third kappa shape index (κ3) is 3.86. The summed E-state index contributed by atoms with van der Waals surface area (Å²) in [5.74, 6) is -1.11. The zero-order valence-corrected chi connectivity index (χ0v) is 15.1. The minimum absolute atomic E-state index is 0.00348. The van der Waals surface area contributed by atoms with Crippen LogP contribution >= 0.6 is 0 Å². The van der Waals surface area contributed by atoms with Gasteiger partial charge in [-0.05, 0) is 30.7 Å². The Hall–Kier alpha value is -3.09. The Labute approximate surface area is 156 Å². The number of ether oxygens (including phenoxy) is 3. The molecule has 0 aliphatic carbocycles. The molecule has 1 heterocycles. The van der Waals surface area contributed by atoms with E-state index in [-0.39, 0.29) is 18.2 Å². The minimum Gasteiger partial charge on any atom is -0.478 e. The number of esters is 1. The normalized spacial score (nSPS) is 16.7. The molecule has 6 nitrogen and oxygen atoms in total. The molecule has 0 saturated heterocycles. The Morgan fingerprint density at radius 3 is 2.63 bits per heavy atom. The number of hydrogen-bond acceptors (Lipinski definition) is 5. The first-order chi connectivity index (χ1) is 13.0. The number of benzene rings is 2. The lowest BCUT2D eigenvalue weighted by Crippen LogP contribution is -2.51. The van der Waals surface area contributed by atoms with Crippen LogP contribution in [-0.2, 0) is 14.3 Å². The standard InChI is InChI=1S/C20H20FNO5/c1-3-15(26-16-10-6-4-8-13(16)21)19(23)22-12-18(20(24)25-2)27-17-11-7-5-9-14(17)22/h4-11,15,18H,3,12H2,1-2H3/t15-,18-/m1/s1. The molecule has 0 unspecified atom stereocenters. The number of halogens is 1. The molecule has 0 N–H and O–H groups in total. The van der Waals surface area contributed by atoms with Crippen LogP contribution in [0.1, 0.15) is 13.3 Å². The summed E-state index contributed by atoms with van der Waals surface area (Å²) >= 11 is 0. The van der Waals surface area contributed by atoms with E-state index >= 15 is 0 Å². The first-order valence-corrected chi connectivity index (χ1v) is 8.61. The van der Waals surface area contributed by atoms with E-state index in [9.17, 15) is 14.0 Å². The zero-order valence-electron chi connectivity index (χ0n) is 15.1. The van der Waals surface area contributed by atoms with Gasteiger partial charge in [-0.25, -0.2) is 9.18 Å². The van der Waals surface area contributed by atoms with Crippen LogP contribution in [0.2, 0.25) is 0 Å². The predicted octanol–water partition coefficient (Wildman–Crippen LogP) is 2.95. The smallest absolute Gasteiger partial charge is 0.348 e. The quantitative estimate of drug-likeness (QED) is 0.754. The van der Waals surface area contributed by atoms with Crippen LogP contribution in [0.3, 0.4) is 0 Å². The summed E-state index contributed by atoms with van der Waals surface area (Å²) in [5, 5.41) is 0. The maximum Gasteiger partial charge on any atom is 0.348 e. The molecule has 0 spiro atoms. The summed E-state index contributed by atoms with van der Waals surface area (Å²) in [7, 11) is 1.26. The van der Waals surface area contributed by atoms with E-state index in [2.05, 4.69) is 0 Å². The molecule has 2 aromatic carbocycles. The van der Waals surface area contributed by atoms with Crippen LogP contribution < -0.4 is 14.4 Å². The number of methoxy groups -OCH3 is 1. The molecule has 1 aliphatic heterocycles. The number of rotatable bonds is 5. The predicted molar refractivity (Wildman–Crippen MR) is 96.3 cm³/mol.